The van der Waals surface area contributed by atoms with Gasteiger partial charge in [-0.05, 0) is 30.5 Å². The molecule has 1 rings (SSSR count). The minimum atomic E-state index is 0. The quantitative estimate of drug-likeness (QED) is 0.804. The summed E-state index contributed by atoms with van der Waals surface area (Å²) in [6, 6.07) is 6.20. The van der Waals surface area contributed by atoms with E-state index < -0.39 is 0 Å². The summed E-state index contributed by atoms with van der Waals surface area (Å²) in [6.45, 7) is 2.20. The van der Waals surface area contributed by atoms with Gasteiger partial charge in [0, 0.05) is 7.05 Å². The van der Waals surface area contributed by atoms with Gasteiger partial charge in [-0.1, -0.05) is 19.4 Å². The lowest BCUT2D eigenvalue weighted by molar-refractivity contribution is 0.795. The van der Waals surface area contributed by atoms with Crippen LogP contribution in [0.5, 0.6) is 0 Å². The van der Waals surface area contributed by atoms with E-state index in [1.54, 1.807) is 0 Å². The Morgan fingerprint density at radius 1 is 1.27 bits per heavy atom. The highest BCUT2D eigenvalue weighted by molar-refractivity contribution is 5.85. The average Bonchev–Trinajstić information content (AvgIpc) is 2.16. The number of anilines is 2. The van der Waals surface area contributed by atoms with Gasteiger partial charge < -0.3 is 11.1 Å². The second kappa shape index (κ2) is 8.69. The molecule has 4 heteroatoms. The smallest absolute Gasteiger partial charge is 0.0574 e. The number of hydrogen-bond acceptors (Lipinski definition) is 2. The van der Waals surface area contributed by atoms with Crippen LogP contribution < -0.4 is 11.1 Å². The van der Waals surface area contributed by atoms with Crippen LogP contribution in [0.25, 0.3) is 0 Å². The van der Waals surface area contributed by atoms with Gasteiger partial charge in [-0.2, -0.15) is 0 Å². The van der Waals surface area contributed by atoms with Crippen molar-refractivity contribution in [3.8, 4) is 0 Å². The van der Waals surface area contributed by atoms with E-state index in [9.17, 15) is 0 Å². The molecule has 2 nitrogen and oxygen atoms in total. The van der Waals surface area contributed by atoms with Gasteiger partial charge in [-0.15, -0.1) is 24.8 Å². The summed E-state index contributed by atoms with van der Waals surface area (Å²) in [7, 11) is 1.90. The standard InChI is InChI=1S/C11H18N2.2ClH/c1-3-4-5-9-6-7-10(12)11(8-9)13-2;;/h6-8,13H,3-5,12H2,1-2H3;2*1H. The maximum Gasteiger partial charge on any atom is 0.0574 e. The summed E-state index contributed by atoms with van der Waals surface area (Å²) < 4.78 is 0. The molecule has 0 heterocycles. The first kappa shape index (κ1) is 16.8. The van der Waals surface area contributed by atoms with Crippen LogP contribution >= 0.6 is 24.8 Å². The summed E-state index contributed by atoms with van der Waals surface area (Å²) in [6.07, 6.45) is 3.62. The molecule has 1 aromatic carbocycles. The molecule has 0 aliphatic rings. The molecule has 88 valence electrons. The molecule has 0 saturated carbocycles. The monoisotopic (exact) mass is 250 g/mol. The lowest BCUT2D eigenvalue weighted by Gasteiger charge is -2.07. The van der Waals surface area contributed by atoms with Crippen molar-refractivity contribution in [2.45, 2.75) is 26.2 Å². The van der Waals surface area contributed by atoms with E-state index in [2.05, 4.69) is 24.4 Å². The second-order valence-corrected chi connectivity index (χ2v) is 3.28. The van der Waals surface area contributed by atoms with E-state index in [4.69, 9.17) is 5.73 Å². The fourth-order valence-corrected chi connectivity index (χ4v) is 1.36. The Bertz CT molecular complexity index is 277. The van der Waals surface area contributed by atoms with E-state index in [1.807, 2.05) is 13.1 Å². The highest BCUT2D eigenvalue weighted by atomic mass is 35.5. The van der Waals surface area contributed by atoms with Crippen molar-refractivity contribution in [2.75, 3.05) is 18.1 Å². The summed E-state index contributed by atoms with van der Waals surface area (Å²) in [4.78, 5) is 0. The topological polar surface area (TPSA) is 38.0 Å². The fraction of sp³-hybridized carbons (Fsp3) is 0.455. The lowest BCUT2D eigenvalue weighted by atomic mass is 10.1. The predicted molar refractivity (Wildman–Crippen MR) is 73.5 cm³/mol. The summed E-state index contributed by atoms with van der Waals surface area (Å²) in [5, 5.41) is 3.09. The van der Waals surface area contributed by atoms with Crippen molar-refractivity contribution in [1.29, 1.82) is 0 Å². The normalized spacial score (nSPS) is 8.67. The van der Waals surface area contributed by atoms with Gasteiger partial charge >= 0.3 is 0 Å². The second-order valence-electron chi connectivity index (χ2n) is 3.28. The van der Waals surface area contributed by atoms with Gasteiger partial charge in [0.05, 0.1) is 11.4 Å². The number of benzene rings is 1. The Hall–Kier alpha value is -0.600. The lowest BCUT2D eigenvalue weighted by Crippen LogP contribution is -1.97. The minimum absolute atomic E-state index is 0. The van der Waals surface area contributed by atoms with Gasteiger partial charge in [-0.3, -0.25) is 0 Å². The van der Waals surface area contributed by atoms with Crippen molar-refractivity contribution in [3.63, 3.8) is 0 Å². The van der Waals surface area contributed by atoms with Crippen LogP contribution in [0.15, 0.2) is 18.2 Å². The van der Waals surface area contributed by atoms with Crippen molar-refractivity contribution < 1.29 is 0 Å². The molecule has 15 heavy (non-hydrogen) atoms. The molecule has 0 radical (unpaired) electrons. The van der Waals surface area contributed by atoms with Crippen LogP contribution in [0.3, 0.4) is 0 Å². The van der Waals surface area contributed by atoms with Gasteiger partial charge in [0.15, 0.2) is 0 Å². The van der Waals surface area contributed by atoms with Crippen LogP contribution in [0.4, 0.5) is 11.4 Å². The van der Waals surface area contributed by atoms with Gasteiger partial charge in [0.2, 0.25) is 0 Å². The van der Waals surface area contributed by atoms with E-state index in [0.717, 1.165) is 17.8 Å². The molecule has 0 fully saturated rings. The van der Waals surface area contributed by atoms with Crippen LogP contribution in [-0.2, 0) is 6.42 Å². The molecule has 3 N–H and O–H groups in total. The van der Waals surface area contributed by atoms with E-state index in [1.165, 1.54) is 18.4 Å². The number of unbranched alkanes of at least 4 members (excludes halogenated alkanes) is 1. The molecule has 0 bridgehead atoms. The zero-order valence-electron chi connectivity index (χ0n) is 9.25. The van der Waals surface area contributed by atoms with Crippen molar-refractivity contribution in [2.24, 2.45) is 0 Å². The van der Waals surface area contributed by atoms with Gasteiger partial charge in [0.25, 0.3) is 0 Å². The van der Waals surface area contributed by atoms with Gasteiger partial charge in [0.1, 0.15) is 0 Å². The molecule has 0 atom stereocenters. The first-order chi connectivity index (χ1) is 6.27. The van der Waals surface area contributed by atoms with E-state index in [-0.39, 0.29) is 24.8 Å². The first-order valence-electron chi connectivity index (χ1n) is 4.84. The molecule has 0 aliphatic carbocycles. The third-order valence-corrected chi connectivity index (χ3v) is 2.21. The maximum absolute atomic E-state index is 5.77. The third kappa shape index (κ3) is 5.14. The number of aryl methyl sites for hydroxylation is 1. The summed E-state index contributed by atoms with van der Waals surface area (Å²) in [5.74, 6) is 0. The summed E-state index contributed by atoms with van der Waals surface area (Å²) >= 11 is 0. The van der Waals surface area contributed by atoms with E-state index in [0.29, 0.717) is 0 Å². The van der Waals surface area contributed by atoms with Gasteiger partial charge in [-0.25, -0.2) is 0 Å². The Morgan fingerprint density at radius 3 is 2.47 bits per heavy atom. The molecule has 0 aliphatic heterocycles. The molecule has 0 amide bonds. The van der Waals surface area contributed by atoms with E-state index >= 15 is 0 Å². The zero-order chi connectivity index (χ0) is 9.68. The maximum atomic E-state index is 5.77. The van der Waals surface area contributed by atoms with Crippen LogP contribution in [-0.4, -0.2) is 7.05 Å². The number of hydrogen-bond donors (Lipinski definition) is 2. The molecular formula is C11H20Cl2N2. The Labute approximate surface area is 104 Å². The number of rotatable bonds is 4. The predicted octanol–water partition coefficient (Wildman–Crippen LogP) is 3.50. The first-order valence-corrected chi connectivity index (χ1v) is 4.84. The minimum Gasteiger partial charge on any atom is -0.397 e. The van der Waals surface area contributed by atoms with Crippen LogP contribution in [0.2, 0.25) is 0 Å². The number of nitrogen functional groups attached to an aromatic ring is 1. The van der Waals surface area contributed by atoms with Crippen molar-refractivity contribution in [3.05, 3.63) is 23.8 Å². The number of nitrogens with one attached hydrogen (secondary N) is 1. The molecule has 0 spiro atoms. The van der Waals surface area contributed by atoms with Crippen LogP contribution in [0, 0.1) is 0 Å². The highest BCUT2D eigenvalue weighted by Crippen LogP contribution is 2.20. The molecule has 0 aromatic heterocycles. The van der Waals surface area contributed by atoms with Crippen molar-refractivity contribution in [1.82, 2.24) is 0 Å². The summed E-state index contributed by atoms with van der Waals surface area (Å²) in [5.41, 5.74) is 8.99. The Balaban J connectivity index is 0. The van der Waals surface area contributed by atoms with Crippen molar-refractivity contribution >= 4 is 36.2 Å². The Morgan fingerprint density at radius 2 is 1.93 bits per heavy atom. The molecule has 0 unspecified atom stereocenters. The molecule has 1 aromatic rings. The third-order valence-electron chi connectivity index (χ3n) is 2.21. The van der Waals surface area contributed by atoms with Crippen LogP contribution in [0.1, 0.15) is 25.3 Å². The Kier molecular flexibility index (Phi) is 9.74. The number of nitrogens with two attached hydrogens (primary N) is 1. The highest BCUT2D eigenvalue weighted by Gasteiger charge is 1.98. The fourth-order valence-electron chi connectivity index (χ4n) is 1.36. The average molecular weight is 251 g/mol. The largest absolute Gasteiger partial charge is 0.397 e. The molecule has 0 saturated heterocycles. The number of halogens is 2. The molecular weight excluding hydrogens is 231 g/mol. The zero-order valence-corrected chi connectivity index (χ0v) is 10.9. The SMILES string of the molecule is CCCCc1ccc(N)c(NC)c1.Cl.Cl.